The van der Waals surface area contributed by atoms with Crippen molar-refractivity contribution in [3.8, 4) is 33.4 Å². The molecule has 7 rings (SSSR count). The Morgan fingerprint density at radius 3 is 1.68 bits per heavy atom. The summed E-state index contributed by atoms with van der Waals surface area (Å²) in [6, 6.07) is 41.0. The molecule has 3 heteroatoms. The molecule has 1 aliphatic heterocycles. The molecule has 2 nitrogen and oxygen atoms in total. The molecular weight excluding hydrogens is 487 g/mol. The van der Waals surface area contributed by atoms with E-state index in [1.165, 1.54) is 16.6 Å². The third kappa shape index (κ3) is 4.08. The Kier molecular flexibility index (Phi) is 5.76. The summed E-state index contributed by atoms with van der Waals surface area (Å²) in [5.41, 5.74) is 9.85. The first-order valence-electron chi connectivity index (χ1n) is 14.2. The number of rotatable bonds is 4. The van der Waals surface area contributed by atoms with E-state index in [1.807, 2.05) is 6.07 Å². The van der Waals surface area contributed by atoms with Crippen molar-refractivity contribution in [2.75, 3.05) is 0 Å². The van der Waals surface area contributed by atoms with Gasteiger partial charge in [0, 0.05) is 21.9 Å². The zero-order valence-electron chi connectivity index (χ0n) is 23.6. The van der Waals surface area contributed by atoms with Gasteiger partial charge < -0.3 is 9.07 Å². The number of benzene rings is 5. The number of para-hydroxylation sites is 2. The highest BCUT2D eigenvalue weighted by atomic mass is 16.5. The minimum absolute atomic E-state index is 0.0342. The highest BCUT2D eigenvalue weighted by Gasteiger charge is 2.49. The molecule has 1 aliphatic rings. The first-order chi connectivity index (χ1) is 19.3. The zero-order chi connectivity index (χ0) is 27.5. The van der Waals surface area contributed by atoms with Gasteiger partial charge in [-0.3, -0.25) is 0 Å². The molecule has 0 radical (unpaired) electrons. The maximum Gasteiger partial charge on any atom is 0.328 e. The molecule has 6 aromatic rings. The Labute approximate surface area is 236 Å². The van der Waals surface area contributed by atoms with Crippen molar-refractivity contribution in [1.82, 2.24) is 0 Å². The fraction of sp³-hybridized carbons (Fsp3) is 0.189. The Hall–Kier alpha value is -4.08. The molecule has 196 valence electrons. The predicted octanol–water partition coefficient (Wildman–Crippen LogP) is 9.62. The van der Waals surface area contributed by atoms with Crippen molar-refractivity contribution in [2.24, 2.45) is 5.41 Å². The second-order valence-corrected chi connectivity index (χ2v) is 12.2. The van der Waals surface area contributed by atoms with Gasteiger partial charge in [-0.25, -0.2) is 0 Å². The van der Waals surface area contributed by atoms with Crippen molar-refractivity contribution < 1.29 is 9.07 Å². The lowest BCUT2D eigenvalue weighted by Gasteiger charge is -2.34. The van der Waals surface area contributed by atoms with Crippen LogP contribution in [0.1, 0.15) is 27.7 Å². The fourth-order valence-electron chi connectivity index (χ4n) is 6.13. The summed E-state index contributed by atoms with van der Waals surface area (Å²) in [5, 5.41) is 2.27. The van der Waals surface area contributed by atoms with E-state index in [0.717, 1.165) is 50.5 Å². The molecule has 0 spiro atoms. The van der Waals surface area contributed by atoms with Crippen LogP contribution in [0.5, 0.6) is 0 Å². The number of hydrogen-bond acceptors (Lipinski definition) is 2. The van der Waals surface area contributed by atoms with Crippen LogP contribution in [0.15, 0.2) is 120 Å². The van der Waals surface area contributed by atoms with E-state index in [4.69, 9.17) is 9.07 Å². The maximum atomic E-state index is 6.77. The van der Waals surface area contributed by atoms with Crippen LogP contribution in [-0.2, 0) is 4.65 Å². The van der Waals surface area contributed by atoms with Crippen LogP contribution in [0.2, 0.25) is 6.32 Å². The summed E-state index contributed by atoms with van der Waals surface area (Å²) in [5.74, 6) is 0. The third-order valence-electron chi connectivity index (χ3n) is 9.12. The largest absolute Gasteiger partial charge is 0.455 e. The highest BCUT2D eigenvalue weighted by Crippen LogP contribution is 2.46. The van der Waals surface area contributed by atoms with Gasteiger partial charge in [-0.2, -0.15) is 0 Å². The topological polar surface area (TPSA) is 22.4 Å². The molecule has 1 fully saturated rings. The van der Waals surface area contributed by atoms with Gasteiger partial charge >= 0.3 is 6.92 Å². The molecule has 0 saturated carbocycles. The van der Waals surface area contributed by atoms with Crippen LogP contribution >= 0.6 is 0 Å². The number of hydrogen-bond donors (Lipinski definition) is 0. The first kappa shape index (κ1) is 24.9. The lowest BCUT2D eigenvalue weighted by molar-refractivity contribution is 0.0375. The zero-order valence-corrected chi connectivity index (χ0v) is 23.6. The molecule has 2 heterocycles. The molecule has 0 unspecified atom stereocenters. The smallest absolute Gasteiger partial charge is 0.328 e. The minimum atomic E-state index is -0.201. The maximum absolute atomic E-state index is 6.77. The lowest BCUT2D eigenvalue weighted by atomic mass is 9.54. The Morgan fingerprint density at radius 1 is 0.550 bits per heavy atom. The summed E-state index contributed by atoms with van der Waals surface area (Å²) >= 11 is 0. The van der Waals surface area contributed by atoms with Crippen molar-refractivity contribution in [3.05, 3.63) is 115 Å². The van der Waals surface area contributed by atoms with Gasteiger partial charge in [0.2, 0.25) is 0 Å². The average molecular weight is 520 g/mol. The molecule has 1 saturated heterocycles. The summed E-state index contributed by atoms with van der Waals surface area (Å²) in [6.07, 6.45) is 0.979. The van der Waals surface area contributed by atoms with Crippen LogP contribution in [0, 0.1) is 5.41 Å². The predicted molar refractivity (Wildman–Crippen MR) is 169 cm³/mol. The van der Waals surface area contributed by atoms with Gasteiger partial charge in [-0.1, -0.05) is 123 Å². The molecule has 5 aromatic carbocycles. The second-order valence-electron chi connectivity index (χ2n) is 12.2. The number of furan rings is 1. The van der Waals surface area contributed by atoms with Gasteiger partial charge in [-0.05, 0) is 59.4 Å². The van der Waals surface area contributed by atoms with Gasteiger partial charge in [0.1, 0.15) is 11.2 Å². The quantitative estimate of drug-likeness (QED) is 0.216. The molecule has 1 aromatic heterocycles. The third-order valence-corrected chi connectivity index (χ3v) is 9.12. The Morgan fingerprint density at radius 2 is 1.10 bits per heavy atom. The van der Waals surface area contributed by atoms with E-state index < -0.39 is 0 Å². The van der Waals surface area contributed by atoms with Crippen LogP contribution in [0.25, 0.3) is 55.3 Å². The summed E-state index contributed by atoms with van der Waals surface area (Å²) < 4.78 is 13.5. The first-order valence-corrected chi connectivity index (χ1v) is 14.2. The van der Waals surface area contributed by atoms with Gasteiger partial charge in [0.05, 0.1) is 5.60 Å². The molecule has 0 bridgehead atoms. The van der Waals surface area contributed by atoms with Gasteiger partial charge in [-0.15, -0.1) is 0 Å². The lowest BCUT2D eigenvalue weighted by Crippen LogP contribution is -2.36. The summed E-state index contributed by atoms with van der Waals surface area (Å²) in [4.78, 5) is 0. The van der Waals surface area contributed by atoms with Crippen LogP contribution in [0.4, 0.5) is 0 Å². The van der Waals surface area contributed by atoms with E-state index in [-0.39, 0.29) is 17.9 Å². The second kappa shape index (κ2) is 9.25. The SMILES string of the molecule is CC1(C)CB(c2cc(-c3ccccc3)cc(-c3cccc4c3oc3c(-c5ccccc5)cccc34)c2)OC1(C)C. The normalized spacial score (nSPS) is 16.1. The highest BCUT2D eigenvalue weighted by molar-refractivity contribution is 6.68. The molecule has 0 aliphatic carbocycles. The van der Waals surface area contributed by atoms with E-state index >= 15 is 0 Å². The Bertz CT molecular complexity index is 1830. The van der Waals surface area contributed by atoms with Crippen LogP contribution in [-0.4, -0.2) is 12.5 Å². The molecule has 0 N–H and O–H groups in total. The molecular formula is C37H33BO2. The number of fused-ring (bicyclic) bond motifs is 3. The Balaban J connectivity index is 1.44. The van der Waals surface area contributed by atoms with Crippen molar-refractivity contribution in [2.45, 2.75) is 39.6 Å². The van der Waals surface area contributed by atoms with Crippen LogP contribution in [0.3, 0.4) is 0 Å². The standard InChI is InChI=1S/C37H33BO2/c1-36(2)24-38(40-37(36,3)4)29-22-27(25-13-7-5-8-14-25)21-28(23-29)31-18-12-20-33-32-19-11-17-30(34(32)39-35(31)33)26-15-9-6-10-16-26/h5-23H,24H2,1-4H3. The monoisotopic (exact) mass is 520 g/mol. The summed E-state index contributed by atoms with van der Waals surface area (Å²) in [6.45, 7) is 9.10. The van der Waals surface area contributed by atoms with E-state index in [2.05, 4.69) is 137 Å². The van der Waals surface area contributed by atoms with Crippen LogP contribution < -0.4 is 5.46 Å². The van der Waals surface area contributed by atoms with E-state index in [1.54, 1.807) is 0 Å². The van der Waals surface area contributed by atoms with Gasteiger partial charge in [0.15, 0.2) is 0 Å². The van der Waals surface area contributed by atoms with Crippen molar-refractivity contribution in [3.63, 3.8) is 0 Å². The summed E-state index contributed by atoms with van der Waals surface area (Å²) in [7, 11) is 0. The van der Waals surface area contributed by atoms with Gasteiger partial charge in [0.25, 0.3) is 0 Å². The fourth-order valence-corrected chi connectivity index (χ4v) is 6.13. The molecule has 0 amide bonds. The molecule has 40 heavy (non-hydrogen) atoms. The average Bonchev–Trinajstić information content (AvgIpc) is 3.46. The van der Waals surface area contributed by atoms with Crippen molar-refractivity contribution >= 4 is 34.3 Å². The van der Waals surface area contributed by atoms with Crippen molar-refractivity contribution in [1.29, 1.82) is 0 Å². The van der Waals surface area contributed by atoms with E-state index in [0.29, 0.717) is 0 Å². The molecule has 0 atom stereocenters. The minimum Gasteiger partial charge on any atom is -0.455 e. The van der Waals surface area contributed by atoms with E-state index in [9.17, 15) is 0 Å².